The van der Waals surface area contributed by atoms with Gasteiger partial charge in [0.2, 0.25) is 0 Å². The number of hydrogen-bond acceptors (Lipinski definition) is 3. The summed E-state index contributed by atoms with van der Waals surface area (Å²) in [5.74, 6) is 0. The topological polar surface area (TPSA) is 40.5 Å². The molecule has 0 saturated heterocycles. The normalized spacial score (nSPS) is 12.4. The predicted molar refractivity (Wildman–Crippen MR) is 139 cm³/mol. The Balaban J connectivity index is 1.65. The molecule has 0 aliphatic rings. The van der Waals surface area contributed by atoms with Crippen LogP contribution >= 0.6 is 23.5 Å². The minimum absolute atomic E-state index is 0.144. The van der Waals surface area contributed by atoms with Crippen LogP contribution in [0.25, 0.3) is 10.9 Å². The molecule has 0 radical (unpaired) electrons. The smallest absolute Gasteiger partial charge is 0.343 e. The highest BCUT2D eigenvalue weighted by Crippen LogP contribution is 2.67. The van der Waals surface area contributed by atoms with E-state index >= 15 is 8.78 Å². The zero-order valence-corrected chi connectivity index (χ0v) is 22.1. The molecule has 0 unspecified atom stereocenters. The molecule has 0 aliphatic carbocycles. The molecular weight excluding hydrogens is 535 g/mol. The van der Waals surface area contributed by atoms with Crippen molar-refractivity contribution in [2.45, 2.75) is 32.5 Å². The maximum absolute atomic E-state index is 15.3. The van der Waals surface area contributed by atoms with E-state index < -0.39 is 18.8 Å². The Kier molecular flexibility index (Phi) is 7.92. The van der Waals surface area contributed by atoms with E-state index in [0.717, 1.165) is 22.9 Å². The Morgan fingerprint density at radius 3 is 2.23 bits per heavy atom. The lowest BCUT2D eigenvalue weighted by Crippen LogP contribution is -2.19. The Bertz CT molecular complexity index is 1350. The largest absolute Gasteiger partial charge is 0.404 e. The quantitative estimate of drug-likeness (QED) is 0.183. The van der Waals surface area contributed by atoms with Crippen molar-refractivity contribution in [1.29, 1.82) is 0 Å². The number of hydrogen-bond donors (Lipinski definition) is 0. The van der Waals surface area contributed by atoms with E-state index in [4.69, 9.17) is 9.05 Å². The summed E-state index contributed by atoms with van der Waals surface area (Å²) < 4.78 is 55.5. The SMILES string of the molecule is CCOP(=O)(OCC)C(F)(F)c1ccc(Cn2cc(Cc3ccccc3)c3ccccc32)cc1Br. The molecule has 1 heterocycles. The van der Waals surface area contributed by atoms with Crippen LogP contribution in [0.5, 0.6) is 0 Å². The van der Waals surface area contributed by atoms with E-state index in [1.807, 2.05) is 30.3 Å². The van der Waals surface area contributed by atoms with Crippen LogP contribution in [-0.4, -0.2) is 17.8 Å². The number of halogens is 3. The molecule has 184 valence electrons. The van der Waals surface area contributed by atoms with E-state index in [-0.39, 0.29) is 17.7 Å². The second-order valence-corrected chi connectivity index (χ2v) is 11.1. The van der Waals surface area contributed by atoms with Crippen LogP contribution in [-0.2, 0) is 32.2 Å². The predicted octanol–water partition coefficient (Wildman–Crippen LogP) is 8.36. The molecule has 0 atom stereocenters. The zero-order valence-electron chi connectivity index (χ0n) is 19.6. The number of nitrogens with zero attached hydrogens (tertiary/aromatic N) is 1. The highest BCUT2D eigenvalue weighted by Gasteiger charge is 2.55. The van der Waals surface area contributed by atoms with Crippen LogP contribution < -0.4 is 0 Å². The summed E-state index contributed by atoms with van der Waals surface area (Å²) in [6, 6.07) is 23.0. The van der Waals surface area contributed by atoms with Crippen molar-refractivity contribution in [1.82, 2.24) is 4.57 Å². The summed E-state index contributed by atoms with van der Waals surface area (Å²) in [6.07, 6.45) is 2.92. The summed E-state index contributed by atoms with van der Waals surface area (Å²) in [7, 11) is -4.68. The number of benzene rings is 3. The molecule has 3 aromatic carbocycles. The number of alkyl halides is 2. The zero-order chi connectivity index (χ0) is 25.1. The van der Waals surface area contributed by atoms with E-state index in [1.165, 1.54) is 31.0 Å². The lowest BCUT2D eigenvalue weighted by molar-refractivity contribution is 0.0354. The van der Waals surface area contributed by atoms with Crippen molar-refractivity contribution in [3.8, 4) is 0 Å². The lowest BCUT2D eigenvalue weighted by Gasteiger charge is -2.26. The summed E-state index contributed by atoms with van der Waals surface area (Å²) in [4.78, 5) is 0. The molecule has 0 fully saturated rings. The van der Waals surface area contributed by atoms with Gasteiger partial charge in [-0.2, -0.15) is 8.78 Å². The van der Waals surface area contributed by atoms with Gasteiger partial charge >= 0.3 is 13.3 Å². The van der Waals surface area contributed by atoms with Gasteiger partial charge in [0, 0.05) is 33.7 Å². The van der Waals surface area contributed by atoms with Crippen molar-refractivity contribution in [3.05, 3.63) is 106 Å². The van der Waals surface area contributed by atoms with Crippen LogP contribution in [0.2, 0.25) is 0 Å². The van der Waals surface area contributed by atoms with E-state index in [0.29, 0.717) is 6.54 Å². The van der Waals surface area contributed by atoms with Crippen LogP contribution in [0.4, 0.5) is 8.78 Å². The fourth-order valence-electron chi connectivity index (χ4n) is 4.19. The minimum Gasteiger partial charge on any atom is -0.343 e. The third-order valence-corrected chi connectivity index (χ3v) is 8.54. The minimum atomic E-state index is -4.68. The summed E-state index contributed by atoms with van der Waals surface area (Å²) in [5, 5.41) is 1.16. The van der Waals surface area contributed by atoms with Gasteiger partial charge in [-0.1, -0.05) is 76.6 Å². The van der Waals surface area contributed by atoms with Crippen molar-refractivity contribution in [3.63, 3.8) is 0 Å². The second-order valence-electron chi connectivity index (χ2n) is 8.15. The molecule has 4 nitrogen and oxygen atoms in total. The molecule has 8 heteroatoms. The van der Waals surface area contributed by atoms with Crippen LogP contribution in [0.3, 0.4) is 0 Å². The first-order chi connectivity index (χ1) is 16.8. The van der Waals surface area contributed by atoms with Gasteiger partial charge in [0.05, 0.1) is 13.2 Å². The molecule has 0 aliphatic heterocycles. The van der Waals surface area contributed by atoms with Crippen molar-refractivity contribution >= 4 is 34.4 Å². The molecule has 0 spiro atoms. The van der Waals surface area contributed by atoms with Gasteiger partial charge in [-0.15, -0.1) is 0 Å². The number of para-hydroxylation sites is 1. The van der Waals surface area contributed by atoms with Crippen LogP contribution in [0.1, 0.15) is 36.1 Å². The summed E-state index contributed by atoms with van der Waals surface area (Å²) >= 11 is 3.27. The van der Waals surface area contributed by atoms with E-state index in [2.05, 4.69) is 51.0 Å². The fourth-order valence-corrected chi connectivity index (χ4v) is 6.59. The van der Waals surface area contributed by atoms with Gasteiger partial charge in [0.1, 0.15) is 0 Å². The van der Waals surface area contributed by atoms with Gasteiger partial charge in [0.15, 0.2) is 0 Å². The van der Waals surface area contributed by atoms with Crippen LogP contribution in [0.15, 0.2) is 83.5 Å². The lowest BCUT2D eigenvalue weighted by atomic mass is 10.0. The van der Waals surface area contributed by atoms with Crippen molar-refractivity contribution in [2.75, 3.05) is 13.2 Å². The molecule has 1 aromatic heterocycles. The number of fused-ring (bicyclic) bond motifs is 1. The van der Waals surface area contributed by atoms with Gasteiger partial charge in [-0.25, -0.2) is 0 Å². The standard InChI is InChI=1S/C27H27BrF2NO3P/c1-3-33-35(32,34-4-2)27(29,30)24-15-14-21(17-25(24)28)18-31-19-22(16-20-10-6-5-7-11-20)23-12-8-9-13-26(23)31/h5-15,17,19H,3-4,16,18H2,1-2H3. The van der Waals surface area contributed by atoms with Crippen molar-refractivity contribution < 1.29 is 22.4 Å². The number of rotatable bonds is 10. The molecule has 35 heavy (non-hydrogen) atoms. The maximum Gasteiger partial charge on any atom is 0.404 e. The first-order valence-electron chi connectivity index (χ1n) is 11.5. The van der Waals surface area contributed by atoms with E-state index in [9.17, 15) is 4.57 Å². The van der Waals surface area contributed by atoms with Gasteiger partial charge in [0.25, 0.3) is 0 Å². The average molecular weight is 562 g/mol. The molecule has 0 bridgehead atoms. The second kappa shape index (κ2) is 10.8. The molecule has 0 saturated carbocycles. The Morgan fingerprint density at radius 1 is 0.914 bits per heavy atom. The molecular formula is C27H27BrF2NO3P. The third kappa shape index (κ3) is 5.29. The van der Waals surface area contributed by atoms with Gasteiger partial charge < -0.3 is 13.6 Å². The molecule has 0 amide bonds. The summed E-state index contributed by atoms with van der Waals surface area (Å²) in [6.45, 7) is 3.22. The highest BCUT2D eigenvalue weighted by atomic mass is 79.9. The Labute approximate surface area is 212 Å². The molecule has 4 rings (SSSR count). The maximum atomic E-state index is 15.3. The Hall–Kier alpha value is -2.31. The molecule has 0 N–H and O–H groups in total. The van der Waals surface area contributed by atoms with Crippen molar-refractivity contribution in [2.24, 2.45) is 0 Å². The van der Waals surface area contributed by atoms with Crippen LogP contribution in [0, 0.1) is 0 Å². The van der Waals surface area contributed by atoms with E-state index in [1.54, 1.807) is 12.1 Å². The van der Waals surface area contributed by atoms with Gasteiger partial charge in [-0.05, 0) is 49.1 Å². The summed E-state index contributed by atoms with van der Waals surface area (Å²) in [5.41, 5.74) is 0.0985. The average Bonchev–Trinajstić information content (AvgIpc) is 3.17. The first kappa shape index (κ1) is 25.8. The number of aromatic nitrogens is 1. The third-order valence-electron chi connectivity index (χ3n) is 5.76. The highest BCUT2D eigenvalue weighted by molar-refractivity contribution is 9.10. The Morgan fingerprint density at radius 2 is 1.57 bits per heavy atom. The molecule has 4 aromatic rings. The first-order valence-corrected chi connectivity index (χ1v) is 13.8. The monoisotopic (exact) mass is 561 g/mol. The van der Waals surface area contributed by atoms with Gasteiger partial charge in [-0.3, -0.25) is 4.57 Å². The fraction of sp³-hybridized carbons (Fsp3) is 0.259.